The first-order chi connectivity index (χ1) is 7.67. The largest absolute Gasteiger partial charge is 0.385 e. The number of benzene rings is 1. The Balaban J connectivity index is 2.70. The Labute approximate surface area is 109 Å². The van der Waals surface area contributed by atoms with E-state index in [0.29, 0.717) is 5.02 Å². The van der Waals surface area contributed by atoms with Crippen LogP contribution >= 0.6 is 27.5 Å². The topological polar surface area (TPSA) is 47.3 Å². The maximum Gasteiger partial charge on any atom is 0.0462 e. The predicted molar refractivity (Wildman–Crippen MR) is 70.3 cm³/mol. The summed E-state index contributed by atoms with van der Waals surface area (Å²) in [7, 11) is 1.70. The highest BCUT2D eigenvalue weighted by atomic mass is 79.9. The molecular weight excluding hydrogens is 291 g/mol. The zero-order chi connectivity index (χ0) is 12.0. The molecule has 0 heterocycles. The van der Waals surface area contributed by atoms with Gasteiger partial charge in [-0.1, -0.05) is 27.5 Å². The lowest BCUT2D eigenvalue weighted by Crippen LogP contribution is -2.28. The molecule has 5 heteroatoms. The van der Waals surface area contributed by atoms with Crippen LogP contribution in [-0.2, 0) is 4.74 Å². The Morgan fingerprint density at radius 2 is 2.25 bits per heavy atom. The van der Waals surface area contributed by atoms with E-state index < -0.39 is 0 Å². The molecule has 0 aromatic heterocycles. The summed E-state index contributed by atoms with van der Waals surface area (Å²) in [6.45, 7) is 0.736. The summed E-state index contributed by atoms with van der Waals surface area (Å²) in [5.41, 5.74) is 3.88. The molecule has 3 N–H and O–H groups in total. The number of nitrogens with two attached hydrogens (primary N) is 1. The number of methoxy groups -OCH3 is 1. The number of ether oxygens (including phenoxy) is 1. The van der Waals surface area contributed by atoms with Crippen molar-refractivity contribution in [2.75, 3.05) is 13.7 Å². The maximum atomic E-state index is 5.99. The highest BCUT2D eigenvalue weighted by Crippen LogP contribution is 2.25. The lowest BCUT2D eigenvalue weighted by atomic mass is 10.0. The molecule has 0 aliphatic heterocycles. The Hall–Kier alpha value is -0.130. The third kappa shape index (κ3) is 4.39. The molecule has 0 spiro atoms. The zero-order valence-electron chi connectivity index (χ0n) is 9.17. The molecule has 0 aliphatic rings. The van der Waals surface area contributed by atoms with E-state index in [-0.39, 0.29) is 6.04 Å². The summed E-state index contributed by atoms with van der Waals surface area (Å²) in [6, 6.07) is 5.89. The first-order valence-electron chi connectivity index (χ1n) is 5.08. The normalized spacial score (nSPS) is 12.8. The molecule has 1 aromatic rings. The fourth-order valence-corrected chi connectivity index (χ4v) is 2.44. The van der Waals surface area contributed by atoms with E-state index in [9.17, 15) is 0 Å². The highest BCUT2D eigenvalue weighted by Gasteiger charge is 2.10. The second kappa shape index (κ2) is 7.25. The van der Waals surface area contributed by atoms with Gasteiger partial charge in [-0.15, -0.1) is 0 Å². The highest BCUT2D eigenvalue weighted by molar-refractivity contribution is 9.10. The molecule has 0 saturated heterocycles. The number of hydrogen-bond acceptors (Lipinski definition) is 3. The van der Waals surface area contributed by atoms with Crippen LogP contribution < -0.4 is 11.3 Å². The van der Waals surface area contributed by atoms with Crippen molar-refractivity contribution in [3.63, 3.8) is 0 Å². The van der Waals surface area contributed by atoms with Crippen LogP contribution in [0.15, 0.2) is 22.7 Å². The van der Waals surface area contributed by atoms with Crippen LogP contribution in [0, 0.1) is 0 Å². The summed E-state index contributed by atoms with van der Waals surface area (Å²) in [4.78, 5) is 0. The van der Waals surface area contributed by atoms with Crippen molar-refractivity contribution in [2.45, 2.75) is 18.9 Å². The lowest BCUT2D eigenvalue weighted by molar-refractivity contribution is 0.189. The number of rotatable bonds is 6. The zero-order valence-corrected chi connectivity index (χ0v) is 11.5. The van der Waals surface area contributed by atoms with E-state index in [1.807, 2.05) is 18.2 Å². The summed E-state index contributed by atoms with van der Waals surface area (Å²) in [6.07, 6.45) is 1.87. The molecule has 16 heavy (non-hydrogen) atoms. The monoisotopic (exact) mass is 306 g/mol. The van der Waals surface area contributed by atoms with Gasteiger partial charge in [-0.05, 0) is 36.6 Å². The van der Waals surface area contributed by atoms with Gasteiger partial charge in [0.2, 0.25) is 0 Å². The van der Waals surface area contributed by atoms with Crippen LogP contribution in [0.5, 0.6) is 0 Å². The van der Waals surface area contributed by atoms with Crippen molar-refractivity contribution >= 4 is 27.5 Å². The molecular formula is C11H16BrClN2O. The molecule has 1 atom stereocenters. The lowest BCUT2D eigenvalue weighted by Gasteiger charge is -2.16. The van der Waals surface area contributed by atoms with Crippen molar-refractivity contribution < 1.29 is 4.74 Å². The molecule has 0 amide bonds. The molecule has 1 aromatic carbocycles. The van der Waals surface area contributed by atoms with E-state index in [0.717, 1.165) is 29.5 Å². The quantitative estimate of drug-likeness (QED) is 0.482. The van der Waals surface area contributed by atoms with E-state index in [2.05, 4.69) is 21.4 Å². The summed E-state index contributed by atoms with van der Waals surface area (Å²) in [5, 5.41) is 0.705. The van der Waals surface area contributed by atoms with Gasteiger partial charge in [0.1, 0.15) is 0 Å². The fraction of sp³-hybridized carbons (Fsp3) is 0.455. The molecule has 0 radical (unpaired) electrons. The van der Waals surface area contributed by atoms with Gasteiger partial charge in [0, 0.05) is 29.3 Å². The van der Waals surface area contributed by atoms with Crippen molar-refractivity contribution in [3.8, 4) is 0 Å². The van der Waals surface area contributed by atoms with Crippen LogP contribution in [0.1, 0.15) is 24.4 Å². The molecule has 1 rings (SSSR count). The standard InChI is InChI=1S/C11H16BrClN2O/c1-16-4-2-3-11(15-14)8-5-9(12)7-10(13)6-8/h5-7,11,15H,2-4,14H2,1H3. The number of hydrogen-bond donors (Lipinski definition) is 2. The second-order valence-electron chi connectivity index (χ2n) is 3.56. The van der Waals surface area contributed by atoms with Gasteiger partial charge >= 0.3 is 0 Å². The Morgan fingerprint density at radius 3 is 2.81 bits per heavy atom. The van der Waals surface area contributed by atoms with Crippen LogP contribution in [0.25, 0.3) is 0 Å². The van der Waals surface area contributed by atoms with Crippen LogP contribution in [0.2, 0.25) is 5.02 Å². The van der Waals surface area contributed by atoms with Gasteiger partial charge in [-0.2, -0.15) is 0 Å². The molecule has 0 fully saturated rings. The van der Waals surface area contributed by atoms with Gasteiger partial charge in [-0.3, -0.25) is 11.3 Å². The Kier molecular flexibility index (Phi) is 6.31. The minimum Gasteiger partial charge on any atom is -0.385 e. The van der Waals surface area contributed by atoms with Gasteiger partial charge in [0.15, 0.2) is 0 Å². The van der Waals surface area contributed by atoms with Gasteiger partial charge < -0.3 is 4.74 Å². The first-order valence-corrected chi connectivity index (χ1v) is 6.25. The average molecular weight is 308 g/mol. The number of halogens is 2. The van der Waals surface area contributed by atoms with Gasteiger partial charge in [0.05, 0.1) is 0 Å². The first kappa shape index (κ1) is 13.9. The van der Waals surface area contributed by atoms with E-state index in [1.54, 1.807) is 7.11 Å². The van der Waals surface area contributed by atoms with Crippen LogP contribution in [0.3, 0.4) is 0 Å². The number of hydrazine groups is 1. The van der Waals surface area contributed by atoms with Gasteiger partial charge in [-0.25, -0.2) is 0 Å². The molecule has 1 unspecified atom stereocenters. The van der Waals surface area contributed by atoms with Crippen LogP contribution in [0.4, 0.5) is 0 Å². The third-order valence-electron chi connectivity index (χ3n) is 2.33. The summed E-state index contributed by atoms with van der Waals surface area (Å²) >= 11 is 9.40. The summed E-state index contributed by atoms with van der Waals surface area (Å²) in [5.74, 6) is 5.54. The summed E-state index contributed by atoms with van der Waals surface area (Å²) < 4.78 is 5.98. The van der Waals surface area contributed by atoms with Crippen LogP contribution in [-0.4, -0.2) is 13.7 Å². The number of nitrogens with one attached hydrogen (secondary N) is 1. The fourth-order valence-electron chi connectivity index (χ4n) is 1.55. The maximum absolute atomic E-state index is 5.99. The van der Waals surface area contributed by atoms with Crippen molar-refractivity contribution in [1.82, 2.24) is 5.43 Å². The minimum absolute atomic E-state index is 0.102. The molecule has 3 nitrogen and oxygen atoms in total. The van der Waals surface area contributed by atoms with E-state index in [4.69, 9.17) is 22.2 Å². The second-order valence-corrected chi connectivity index (χ2v) is 4.91. The van der Waals surface area contributed by atoms with E-state index in [1.165, 1.54) is 0 Å². The van der Waals surface area contributed by atoms with E-state index >= 15 is 0 Å². The van der Waals surface area contributed by atoms with Crippen molar-refractivity contribution in [2.24, 2.45) is 5.84 Å². The minimum atomic E-state index is 0.102. The molecule has 0 saturated carbocycles. The third-order valence-corrected chi connectivity index (χ3v) is 3.01. The van der Waals surface area contributed by atoms with Crippen molar-refractivity contribution in [3.05, 3.63) is 33.3 Å². The molecule has 0 aliphatic carbocycles. The smallest absolute Gasteiger partial charge is 0.0462 e. The average Bonchev–Trinajstić information content (AvgIpc) is 2.23. The van der Waals surface area contributed by atoms with Gasteiger partial charge in [0.25, 0.3) is 0 Å². The van der Waals surface area contributed by atoms with Crippen molar-refractivity contribution in [1.29, 1.82) is 0 Å². The predicted octanol–water partition coefficient (Wildman–Crippen LogP) is 3.03. The Morgan fingerprint density at radius 1 is 1.50 bits per heavy atom. The molecule has 90 valence electrons. The SMILES string of the molecule is COCCCC(NN)c1cc(Cl)cc(Br)c1. The molecule has 0 bridgehead atoms. The Bertz CT molecular complexity index is 316.